The number of carbonyl (C=O) groups is 2. The molecule has 0 aliphatic heterocycles. The molecule has 0 spiro atoms. The first-order valence-electron chi connectivity index (χ1n) is 9.66. The van der Waals surface area contributed by atoms with E-state index in [1.165, 1.54) is 21.3 Å². The van der Waals surface area contributed by atoms with Crippen LogP contribution >= 0.6 is 0 Å². The molecule has 0 bridgehead atoms. The molecule has 7 nitrogen and oxygen atoms in total. The van der Waals surface area contributed by atoms with Gasteiger partial charge >= 0.3 is 11.9 Å². The van der Waals surface area contributed by atoms with Gasteiger partial charge in [-0.3, -0.25) is 4.79 Å². The van der Waals surface area contributed by atoms with Crippen molar-refractivity contribution in [2.45, 2.75) is 19.8 Å². The van der Waals surface area contributed by atoms with E-state index in [0.29, 0.717) is 29.2 Å². The summed E-state index contributed by atoms with van der Waals surface area (Å²) in [6.45, 7) is 1.86. The first kappa shape index (κ1) is 23.8. The Labute approximate surface area is 182 Å². The number of hydrogen-bond donors (Lipinski definition) is 0. The van der Waals surface area contributed by atoms with Gasteiger partial charge in [0, 0.05) is 6.42 Å². The van der Waals surface area contributed by atoms with Crippen molar-refractivity contribution in [3.63, 3.8) is 0 Å². The monoisotopic (exact) mass is 428 g/mol. The number of allylic oxidation sites excluding steroid dienone is 1. The number of benzene rings is 2. The van der Waals surface area contributed by atoms with E-state index < -0.39 is 5.97 Å². The number of carbonyl (C=O) groups excluding carboxylic acids is 2. The SMILES string of the molecule is COC(=O)CC/C=C(/c1ccc(OC)c(OC)c1)c1cc(C)c(OC)c(C(=O)OC)c1. The summed E-state index contributed by atoms with van der Waals surface area (Å²) in [7, 11) is 7.33. The summed E-state index contributed by atoms with van der Waals surface area (Å²) in [4.78, 5) is 24.0. The Morgan fingerprint density at radius 2 is 1.55 bits per heavy atom. The molecule has 0 aliphatic carbocycles. The van der Waals surface area contributed by atoms with Crippen LogP contribution < -0.4 is 14.2 Å². The molecular weight excluding hydrogens is 400 g/mol. The highest BCUT2D eigenvalue weighted by molar-refractivity contribution is 5.95. The average Bonchev–Trinajstić information content (AvgIpc) is 2.80. The van der Waals surface area contributed by atoms with Crippen molar-refractivity contribution in [1.29, 1.82) is 0 Å². The summed E-state index contributed by atoms with van der Waals surface area (Å²) in [5, 5.41) is 0. The highest BCUT2D eigenvalue weighted by Crippen LogP contribution is 2.36. The quantitative estimate of drug-likeness (QED) is 0.554. The Morgan fingerprint density at radius 3 is 2.13 bits per heavy atom. The van der Waals surface area contributed by atoms with Crippen LogP contribution in [0.3, 0.4) is 0 Å². The summed E-state index contributed by atoms with van der Waals surface area (Å²) in [6.07, 6.45) is 2.61. The molecule has 166 valence electrons. The van der Waals surface area contributed by atoms with E-state index >= 15 is 0 Å². The van der Waals surface area contributed by atoms with E-state index in [4.69, 9.17) is 23.7 Å². The molecule has 0 atom stereocenters. The largest absolute Gasteiger partial charge is 0.496 e. The van der Waals surface area contributed by atoms with Crippen LogP contribution in [0.1, 0.15) is 39.9 Å². The van der Waals surface area contributed by atoms with E-state index in [0.717, 1.165) is 22.3 Å². The molecule has 0 N–H and O–H groups in total. The zero-order chi connectivity index (χ0) is 23.0. The summed E-state index contributed by atoms with van der Waals surface area (Å²) in [5.41, 5.74) is 3.53. The van der Waals surface area contributed by atoms with E-state index in [1.807, 2.05) is 31.2 Å². The topological polar surface area (TPSA) is 80.3 Å². The van der Waals surface area contributed by atoms with Crippen LogP contribution in [0.25, 0.3) is 5.57 Å². The van der Waals surface area contributed by atoms with Crippen molar-refractivity contribution in [3.8, 4) is 17.2 Å². The first-order chi connectivity index (χ1) is 14.9. The first-order valence-corrected chi connectivity index (χ1v) is 9.66. The summed E-state index contributed by atoms with van der Waals surface area (Å²) < 4.78 is 25.9. The third kappa shape index (κ3) is 5.57. The Hall–Kier alpha value is -3.48. The minimum absolute atomic E-state index is 0.228. The van der Waals surface area contributed by atoms with Gasteiger partial charge in [0.25, 0.3) is 0 Å². The maximum absolute atomic E-state index is 12.4. The fourth-order valence-electron chi connectivity index (χ4n) is 3.30. The Morgan fingerprint density at radius 1 is 0.839 bits per heavy atom. The van der Waals surface area contributed by atoms with Gasteiger partial charge in [-0.25, -0.2) is 4.79 Å². The van der Waals surface area contributed by atoms with Crippen LogP contribution in [0.5, 0.6) is 17.2 Å². The van der Waals surface area contributed by atoms with Crippen molar-refractivity contribution < 1.29 is 33.3 Å². The van der Waals surface area contributed by atoms with Gasteiger partial charge in [0.15, 0.2) is 11.5 Å². The number of ether oxygens (including phenoxy) is 5. The molecule has 0 unspecified atom stereocenters. The maximum atomic E-state index is 12.4. The molecule has 0 aliphatic rings. The van der Waals surface area contributed by atoms with E-state index in [9.17, 15) is 9.59 Å². The van der Waals surface area contributed by atoms with Crippen molar-refractivity contribution in [2.75, 3.05) is 35.5 Å². The van der Waals surface area contributed by atoms with Crippen molar-refractivity contribution >= 4 is 17.5 Å². The highest BCUT2D eigenvalue weighted by Gasteiger charge is 2.19. The zero-order valence-corrected chi connectivity index (χ0v) is 18.7. The summed E-state index contributed by atoms with van der Waals surface area (Å²) in [6, 6.07) is 9.19. The summed E-state index contributed by atoms with van der Waals surface area (Å²) >= 11 is 0. The fourth-order valence-corrected chi connectivity index (χ4v) is 3.30. The van der Waals surface area contributed by atoms with Crippen LogP contribution in [0.2, 0.25) is 0 Å². The maximum Gasteiger partial charge on any atom is 0.341 e. The standard InChI is InChI=1S/C24H28O7/c1-15-12-17(13-19(23(15)30-5)24(26)31-6)18(8-7-9-22(25)29-4)16-10-11-20(27-2)21(14-16)28-3/h8,10-14H,7,9H2,1-6H3/b18-8-. The molecule has 0 radical (unpaired) electrons. The molecule has 0 fully saturated rings. The van der Waals surface area contributed by atoms with Crippen LogP contribution in [0, 0.1) is 6.92 Å². The number of esters is 2. The predicted molar refractivity (Wildman–Crippen MR) is 117 cm³/mol. The lowest BCUT2D eigenvalue weighted by Crippen LogP contribution is -2.07. The van der Waals surface area contributed by atoms with E-state index in [2.05, 4.69) is 0 Å². The second-order valence-electron chi connectivity index (χ2n) is 6.67. The van der Waals surface area contributed by atoms with Crippen molar-refractivity contribution in [3.05, 3.63) is 58.7 Å². The Kier molecular flexibility index (Phi) is 8.49. The number of hydrogen-bond acceptors (Lipinski definition) is 7. The van der Waals surface area contributed by atoms with Gasteiger partial charge in [0.1, 0.15) is 11.3 Å². The highest BCUT2D eigenvalue weighted by atomic mass is 16.5. The molecule has 0 aromatic heterocycles. The number of methoxy groups -OCH3 is 5. The molecule has 2 rings (SSSR count). The van der Waals surface area contributed by atoms with Crippen LogP contribution in [-0.2, 0) is 14.3 Å². The van der Waals surface area contributed by atoms with Crippen LogP contribution in [-0.4, -0.2) is 47.5 Å². The van der Waals surface area contributed by atoms with Crippen molar-refractivity contribution in [1.82, 2.24) is 0 Å². The second-order valence-corrected chi connectivity index (χ2v) is 6.67. The van der Waals surface area contributed by atoms with Crippen LogP contribution in [0.4, 0.5) is 0 Å². The second kappa shape index (κ2) is 11.1. The Balaban J connectivity index is 2.66. The molecule has 2 aromatic rings. The van der Waals surface area contributed by atoms with Gasteiger partial charge in [-0.1, -0.05) is 12.1 Å². The minimum atomic E-state index is -0.497. The molecule has 0 saturated carbocycles. The normalized spacial score (nSPS) is 11.0. The van der Waals surface area contributed by atoms with E-state index in [-0.39, 0.29) is 12.4 Å². The predicted octanol–water partition coefficient (Wildman–Crippen LogP) is 4.19. The van der Waals surface area contributed by atoms with Gasteiger partial charge in [-0.05, 0) is 59.9 Å². The lowest BCUT2D eigenvalue weighted by atomic mass is 9.92. The van der Waals surface area contributed by atoms with Crippen LogP contribution in [0.15, 0.2) is 36.4 Å². The average molecular weight is 428 g/mol. The summed E-state index contributed by atoms with van der Waals surface area (Å²) in [5.74, 6) is 0.822. The lowest BCUT2D eigenvalue weighted by Gasteiger charge is -2.16. The van der Waals surface area contributed by atoms with Gasteiger partial charge in [-0.2, -0.15) is 0 Å². The third-order valence-corrected chi connectivity index (χ3v) is 4.81. The fraction of sp³-hybridized carbons (Fsp3) is 0.333. The lowest BCUT2D eigenvalue weighted by molar-refractivity contribution is -0.140. The minimum Gasteiger partial charge on any atom is -0.496 e. The Bertz CT molecular complexity index is 976. The van der Waals surface area contributed by atoms with Gasteiger partial charge in [-0.15, -0.1) is 0 Å². The smallest absolute Gasteiger partial charge is 0.341 e. The van der Waals surface area contributed by atoms with E-state index in [1.54, 1.807) is 26.4 Å². The molecule has 0 saturated heterocycles. The molecule has 0 heterocycles. The molecular formula is C24H28O7. The van der Waals surface area contributed by atoms with Gasteiger partial charge in [0.05, 0.1) is 35.5 Å². The van der Waals surface area contributed by atoms with Gasteiger partial charge in [0.2, 0.25) is 0 Å². The molecule has 31 heavy (non-hydrogen) atoms. The van der Waals surface area contributed by atoms with Gasteiger partial charge < -0.3 is 23.7 Å². The number of aryl methyl sites for hydroxylation is 1. The van der Waals surface area contributed by atoms with Crippen molar-refractivity contribution in [2.24, 2.45) is 0 Å². The number of rotatable bonds is 9. The third-order valence-electron chi connectivity index (χ3n) is 4.81. The molecule has 2 aromatic carbocycles. The zero-order valence-electron chi connectivity index (χ0n) is 18.7. The molecule has 7 heteroatoms. The molecule has 0 amide bonds.